The number of aliphatic carboxylic acids is 1. The summed E-state index contributed by atoms with van der Waals surface area (Å²) in [5.41, 5.74) is 1.47. The van der Waals surface area contributed by atoms with Gasteiger partial charge in [0.25, 0.3) is 5.56 Å². The molecular formula is C28H24Cl2N2O7S. The van der Waals surface area contributed by atoms with Crippen LogP contribution in [0.4, 0.5) is 0 Å². The fourth-order valence-electron chi connectivity index (χ4n) is 4.09. The van der Waals surface area contributed by atoms with E-state index in [-0.39, 0.29) is 33.5 Å². The Labute approximate surface area is 242 Å². The van der Waals surface area contributed by atoms with E-state index in [0.29, 0.717) is 38.5 Å². The van der Waals surface area contributed by atoms with E-state index < -0.39 is 24.6 Å². The maximum atomic E-state index is 13.8. The Bertz CT molecular complexity index is 1670. The van der Waals surface area contributed by atoms with Gasteiger partial charge in [0.1, 0.15) is 12.4 Å². The zero-order valence-corrected chi connectivity index (χ0v) is 23.8. The van der Waals surface area contributed by atoms with Crippen LogP contribution >= 0.6 is 34.5 Å². The van der Waals surface area contributed by atoms with E-state index >= 15 is 0 Å². The number of esters is 1. The summed E-state index contributed by atoms with van der Waals surface area (Å²) in [5, 5.41) is 9.04. The summed E-state index contributed by atoms with van der Waals surface area (Å²) >= 11 is 13.7. The second kappa shape index (κ2) is 12.5. The quantitative estimate of drug-likeness (QED) is 0.274. The van der Waals surface area contributed by atoms with E-state index in [2.05, 4.69) is 11.6 Å². The molecule has 208 valence electrons. The molecule has 2 heterocycles. The van der Waals surface area contributed by atoms with Crippen molar-refractivity contribution >= 4 is 52.6 Å². The topological polar surface area (TPSA) is 116 Å². The molecule has 40 heavy (non-hydrogen) atoms. The highest BCUT2D eigenvalue weighted by molar-refractivity contribution is 7.07. The monoisotopic (exact) mass is 602 g/mol. The molecule has 0 radical (unpaired) electrons. The first-order valence-corrected chi connectivity index (χ1v) is 13.6. The van der Waals surface area contributed by atoms with Gasteiger partial charge in [-0.1, -0.05) is 59.3 Å². The van der Waals surface area contributed by atoms with Crippen molar-refractivity contribution in [1.29, 1.82) is 0 Å². The zero-order chi connectivity index (χ0) is 29.0. The molecule has 0 spiro atoms. The van der Waals surface area contributed by atoms with Gasteiger partial charge < -0.3 is 19.3 Å². The van der Waals surface area contributed by atoms with Crippen LogP contribution in [0.3, 0.4) is 0 Å². The van der Waals surface area contributed by atoms with Gasteiger partial charge in [0, 0.05) is 0 Å². The SMILES string of the molecule is C=CCOc1ccc([C@@H]2C(C(=O)OCC)=C(C)N=c3s/c(=C\c4cc(Cl)c(OCC(=O)O)c(Cl)c4)c(=O)n32)cc1. The number of carbonyl (C=O) groups excluding carboxylic acids is 1. The van der Waals surface area contributed by atoms with Crippen molar-refractivity contribution < 1.29 is 28.9 Å². The lowest BCUT2D eigenvalue weighted by Crippen LogP contribution is -2.39. The van der Waals surface area contributed by atoms with Gasteiger partial charge in [-0.3, -0.25) is 9.36 Å². The summed E-state index contributed by atoms with van der Waals surface area (Å²) < 4.78 is 17.8. The number of ether oxygens (including phenoxy) is 3. The number of nitrogens with zero attached hydrogens (tertiary/aromatic N) is 2. The molecule has 9 nitrogen and oxygen atoms in total. The van der Waals surface area contributed by atoms with Gasteiger partial charge in [-0.25, -0.2) is 14.6 Å². The van der Waals surface area contributed by atoms with E-state index in [1.165, 1.54) is 16.7 Å². The summed E-state index contributed by atoms with van der Waals surface area (Å²) in [5.74, 6) is -1.10. The number of rotatable bonds is 10. The van der Waals surface area contributed by atoms with E-state index in [9.17, 15) is 14.4 Å². The first-order valence-electron chi connectivity index (χ1n) is 12.0. The van der Waals surface area contributed by atoms with Crippen LogP contribution in [0.2, 0.25) is 10.0 Å². The predicted molar refractivity (Wildman–Crippen MR) is 152 cm³/mol. The van der Waals surface area contributed by atoms with Gasteiger partial charge >= 0.3 is 11.9 Å². The molecule has 0 fully saturated rings. The Hall–Kier alpha value is -3.86. The van der Waals surface area contributed by atoms with Crippen molar-refractivity contribution in [3.8, 4) is 11.5 Å². The third-order valence-corrected chi connectivity index (χ3v) is 7.28. The molecule has 0 saturated carbocycles. The summed E-state index contributed by atoms with van der Waals surface area (Å²) in [6, 6.07) is 9.32. The van der Waals surface area contributed by atoms with Crippen LogP contribution in [-0.2, 0) is 14.3 Å². The summed E-state index contributed by atoms with van der Waals surface area (Å²) in [4.78, 5) is 42.6. The lowest BCUT2D eigenvalue weighted by molar-refractivity contribution is -0.140. The van der Waals surface area contributed by atoms with E-state index in [0.717, 1.165) is 11.3 Å². The number of hydrogen-bond acceptors (Lipinski definition) is 8. The smallest absolute Gasteiger partial charge is 0.341 e. The number of benzene rings is 2. The molecule has 0 bridgehead atoms. The van der Waals surface area contributed by atoms with Crippen LogP contribution in [0.1, 0.15) is 31.0 Å². The minimum Gasteiger partial charge on any atom is -0.490 e. The Morgan fingerprint density at radius 2 is 1.85 bits per heavy atom. The molecule has 1 aliphatic heterocycles. The number of carboxylic acids is 1. The van der Waals surface area contributed by atoms with E-state index in [1.54, 1.807) is 50.3 Å². The lowest BCUT2D eigenvalue weighted by Gasteiger charge is -2.24. The molecular weight excluding hydrogens is 579 g/mol. The molecule has 3 aromatic rings. The fourth-order valence-corrected chi connectivity index (χ4v) is 5.75. The normalized spacial score (nSPS) is 14.8. The third-order valence-electron chi connectivity index (χ3n) is 5.74. The number of carboxylic acid groups (broad SMARTS) is 1. The van der Waals surface area contributed by atoms with Crippen molar-refractivity contribution in [2.45, 2.75) is 19.9 Å². The van der Waals surface area contributed by atoms with Crippen molar-refractivity contribution in [2.24, 2.45) is 4.99 Å². The first-order chi connectivity index (χ1) is 19.1. The van der Waals surface area contributed by atoms with Crippen molar-refractivity contribution in [1.82, 2.24) is 4.57 Å². The summed E-state index contributed by atoms with van der Waals surface area (Å²) in [6.07, 6.45) is 3.23. The highest BCUT2D eigenvalue weighted by Crippen LogP contribution is 2.35. The summed E-state index contributed by atoms with van der Waals surface area (Å²) in [6.45, 7) is 6.94. The van der Waals surface area contributed by atoms with Crippen LogP contribution in [0.5, 0.6) is 11.5 Å². The number of thiazole rings is 1. The maximum Gasteiger partial charge on any atom is 0.341 e. The average molecular weight is 603 g/mol. The van der Waals surface area contributed by atoms with E-state index in [1.807, 2.05) is 0 Å². The van der Waals surface area contributed by atoms with Crippen molar-refractivity contribution in [3.05, 3.63) is 101 Å². The number of carbonyl (C=O) groups is 2. The minimum absolute atomic E-state index is 0.0274. The van der Waals surface area contributed by atoms with Gasteiger partial charge in [0.05, 0.1) is 38.5 Å². The van der Waals surface area contributed by atoms with Gasteiger partial charge in [0.15, 0.2) is 17.2 Å². The number of aromatic nitrogens is 1. The molecule has 1 aromatic heterocycles. The predicted octanol–water partition coefficient (Wildman–Crippen LogP) is 4.13. The van der Waals surface area contributed by atoms with Crippen molar-refractivity contribution in [2.75, 3.05) is 19.8 Å². The third kappa shape index (κ3) is 6.14. The minimum atomic E-state index is -1.18. The Kier molecular flexibility index (Phi) is 9.14. The molecule has 0 aliphatic carbocycles. The molecule has 4 rings (SSSR count). The molecule has 1 atom stereocenters. The number of allylic oxidation sites excluding steroid dienone is 1. The van der Waals surface area contributed by atoms with Crippen molar-refractivity contribution in [3.63, 3.8) is 0 Å². The van der Waals surface area contributed by atoms with Crippen LogP contribution in [0, 0.1) is 0 Å². The molecule has 1 aliphatic rings. The number of halogens is 2. The van der Waals surface area contributed by atoms with Gasteiger partial charge in [-0.05, 0) is 55.3 Å². The van der Waals surface area contributed by atoms with Gasteiger partial charge in [0.2, 0.25) is 0 Å². The average Bonchev–Trinajstić information content (AvgIpc) is 3.20. The second-order valence-corrected chi connectivity index (χ2v) is 10.3. The lowest BCUT2D eigenvalue weighted by atomic mass is 9.96. The summed E-state index contributed by atoms with van der Waals surface area (Å²) in [7, 11) is 0. The van der Waals surface area contributed by atoms with Crippen LogP contribution in [-0.4, -0.2) is 41.4 Å². The molecule has 1 N–H and O–H groups in total. The fraction of sp³-hybridized carbons (Fsp3) is 0.214. The van der Waals surface area contributed by atoms with Gasteiger partial charge in [-0.2, -0.15) is 0 Å². The standard InChI is InChI=1S/C28H24Cl2N2O7S/c1-4-10-38-18-8-6-17(7-9-18)24-23(27(36)37-5-2)15(3)31-28-32(24)26(35)21(40-28)13-16-11-19(29)25(20(30)12-16)39-14-22(33)34/h4,6-9,11-13,24H,1,5,10,14H2,2-3H3,(H,33,34)/b21-13-/t24-/m1/s1. The number of fused-ring (bicyclic) bond motifs is 1. The molecule has 0 amide bonds. The van der Waals surface area contributed by atoms with Crippen LogP contribution in [0.25, 0.3) is 6.08 Å². The highest BCUT2D eigenvalue weighted by Gasteiger charge is 2.33. The molecule has 2 aromatic carbocycles. The first kappa shape index (κ1) is 29.1. The molecule has 12 heteroatoms. The Morgan fingerprint density at radius 3 is 2.45 bits per heavy atom. The number of hydrogen-bond donors (Lipinski definition) is 1. The maximum absolute atomic E-state index is 13.8. The van der Waals surface area contributed by atoms with Gasteiger partial charge in [-0.15, -0.1) is 0 Å². The second-order valence-electron chi connectivity index (χ2n) is 8.47. The molecule has 0 saturated heterocycles. The largest absolute Gasteiger partial charge is 0.490 e. The van der Waals surface area contributed by atoms with E-state index in [4.69, 9.17) is 42.5 Å². The molecule has 0 unspecified atom stereocenters. The Balaban J connectivity index is 1.83. The zero-order valence-electron chi connectivity index (χ0n) is 21.5. The Morgan fingerprint density at radius 1 is 1.18 bits per heavy atom. The highest BCUT2D eigenvalue weighted by atomic mass is 35.5. The van der Waals surface area contributed by atoms with Crippen LogP contribution < -0.4 is 24.4 Å². The van der Waals surface area contributed by atoms with Crippen LogP contribution in [0.15, 0.2) is 70.1 Å².